The Morgan fingerprint density at radius 1 is 1.23 bits per heavy atom. The first-order chi connectivity index (χ1) is 12.6. The number of hydrogen-bond acceptors (Lipinski definition) is 4. The van der Waals surface area contributed by atoms with Crippen LogP contribution in [0.25, 0.3) is 0 Å². The average Bonchev–Trinajstić information content (AvgIpc) is 2.65. The zero-order chi connectivity index (χ0) is 18.4. The van der Waals surface area contributed by atoms with E-state index in [-0.39, 0.29) is 17.4 Å². The lowest BCUT2D eigenvalue weighted by atomic mass is 9.77. The Kier molecular flexibility index (Phi) is 6.27. The Labute approximate surface area is 154 Å². The van der Waals surface area contributed by atoms with Crippen LogP contribution in [0.5, 0.6) is 0 Å². The molecule has 2 amide bonds. The van der Waals surface area contributed by atoms with E-state index >= 15 is 0 Å². The van der Waals surface area contributed by atoms with E-state index < -0.39 is 6.04 Å². The predicted octanol–water partition coefficient (Wildman–Crippen LogP) is 1.53. The number of carbonyl (C=O) groups is 2. The van der Waals surface area contributed by atoms with Crippen molar-refractivity contribution < 1.29 is 19.1 Å². The van der Waals surface area contributed by atoms with Crippen LogP contribution in [0.4, 0.5) is 0 Å². The van der Waals surface area contributed by atoms with Gasteiger partial charge in [-0.25, -0.2) is 0 Å². The van der Waals surface area contributed by atoms with E-state index in [1.165, 1.54) is 0 Å². The van der Waals surface area contributed by atoms with Crippen molar-refractivity contribution in [3.8, 4) is 0 Å². The molecule has 1 saturated carbocycles. The highest BCUT2D eigenvalue weighted by Gasteiger charge is 2.40. The van der Waals surface area contributed by atoms with Gasteiger partial charge in [0.25, 0.3) is 0 Å². The molecule has 1 heterocycles. The first-order valence-electron chi connectivity index (χ1n) is 9.37. The van der Waals surface area contributed by atoms with Gasteiger partial charge in [-0.1, -0.05) is 30.3 Å². The fourth-order valence-corrected chi connectivity index (χ4v) is 3.62. The summed E-state index contributed by atoms with van der Waals surface area (Å²) in [5.41, 5.74) is 0.688. The van der Waals surface area contributed by atoms with Crippen molar-refractivity contribution in [1.29, 1.82) is 0 Å². The van der Waals surface area contributed by atoms with Gasteiger partial charge in [0.05, 0.1) is 25.2 Å². The van der Waals surface area contributed by atoms with Gasteiger partial charge in [-0.15, -0.1) is 0 Å². The molecule has 1 aromatic rings. The summed E-state index contributed by atoms with van der Waals surface area (Å²) in [5.74, 6) is -0.153. The number of methoxy groups -OCH3 is 1. The summed E-state index contributed by atoms with van der Waals surface area (Å²) < 4.78 is 10.9. The summed E-state index contributed by atoms with van der Waals surface area (Å²) in [6.45, 7) is 2.24. The van der Waals surface area contributed by atoms with Crippen LogP contribution >= 0.6 is 0 Å². The summed E-state index contributed by atoms with van der Waals surface area (Å²) in [6.07, 6.45) is 3.69. The summed E-state index contributed by atoms with van der Waals surface area (Å²) in [4.78, 5) is 27.4. The molecule has 1 N–H and O–H groups in total. The minimum absolute atomic E-state index is 0.0365. The lowest BCUT2D eigenvalue weighted by molar-refractivity contribution is -0.143. The molecule has 0 bridgehead atoms. The third-order valence-electron chi connectivity index (χ3n) is 5.42. The SMILES string of the molecule is COC1(CC(=O)N[C@@H](Cc2ccccc2)C(=O)N2CCOCC2)CCC1. The van der Waals surface area contributed by atoms with Crippen molar-refractivity contribution in [3.63, 3.8) is 0 Å². The Morgan fingerprint density at radius 3 is 2.50 bits per heavy atom. The second-order valence-corrected chi connectivity index (χ2v) is 7.16. The maximum atomic E-state index is 13.0. The van der Waals surface area contributed by atoms with Crippen molar-refractivity contribution in [3.05, 3.63) is 35.9 Å². The lowest BCUT2D eigenvalue weighted by Gasteiger charge is -2.40. The number of benzene rings is 1. The van der Waals surface area contributed by atoms with Gasteiger partial charge in [0.15, 0.2) is 0 Å². The summed E-state index contributed by atoms with van der Waals surface area (Å²) >= 11 is 0. The molecular weight excluding hydrogens is 332 g/mol. The van der Waals surface area contributed by atoms with Gasteiger partial charge >= 0.3 is 0 Å². The number of rotatable bonds is 7. The maximum Gasteiger partial charge on any atom is 0.245 e. The van der Waals surface area contributed by atoms with E-state index in [9.17, 15) is 9.59 Å². The van der Waals surface area contributed by atoms with Crippen LogP contribution in [0.2, 0.25) is 0 Å². The second-order valence-electron chi connectivity index (χ2n) is 7.16. The highest BCUT2D eigenvalue weighted by Crippen LogP contribution is 2.37. The Morgan fingerprint density at radius 2 is 1.92 bits per heavy atom. The monoisotopic (exact) mass is 360 g/mol. The molecule has 0 unspecified atom stereocenters. The first kappa shape index (κ1) is 18.9. The number of morpholine rings is 1. The van der Waals surface area contributed by atoms with Crippen LogP contribution in [0.15, 0.2) is 30.3 Å². The van der Waals surface area contributed by atoms with Crippen molar-refractivity contribution in [2.75, 3.05) is 33.4 Å². The molecule has 3 rings (SSSR count). The minimum Gasteiger partial charge on any atom is -0.378 e. The highest BCUT2D eigenvalue weighted by atomic mass is 16.5. The standard InChI is InChI=1S/C20H28N2O4/c1-25-20(8-5-9-20)15-18(23)21-17(14-16-6-3-2-4-7-16)19(24)22-10-12-26-13-11-22/h2-4,6-7,17H,5,8-15H2,1H3,(H,21,23)/t17-/m0/s1. The quantitative estimate of drug-likeness (QED) is 0.801. The molecule has 1 aliphatic heterocycles. The molecular formula is C20H28N2O4. The van der Waals surface area contributed by atoms with Crippen LogP contribution in [0.3, 0.4) is 0 Å². The molecule has 142 valence electrons. The third-order valence-corrected chi connectivity index (χ3v) is 5.42. The van der Waals surface area contributed by atoms with Crippen LogP contribution in [-0.4, -0.2) is 61.8 Å². The van der Waals surface area contributed by atoms with Gasteiger partial charge in [0.1, 0.15) is 6.04 Å². The largest absolute Gasteiger partial charge is 0.378 e. The highest BCUT2D eigenvalue weighted by molar-refractivity contribution is 5.88. The number of ether oxygens (including phenoxy) is 2. The van der Waals surface area contributed by atoms with Gasteiger partial charge in [-0.05, 0) is 24.8 Å². The molecule has 1 saturated heterocycles. The Hall–Kier alpha value is -1.92. The number of carbonyl (C=O) groups excluding carboxylic acids is 2. The lowest BCUT2D eigenvalue weighted by Crippen LogP contribution is -2.54. The normalized spacial score (nSPS) is 20.1. The van der Waals surface area contributed by atoms with Crippen LogP contribution in [0.1, 0.15) is 31.2 Å². The molecule has 0 radical (unpaired) electrons. The van der Waals surface area contributed by atoms with E-state index in [0.29, 0.717) is 39.1 Å². The molecule has 1 aliphatic carbocycles. The summed E-state index contributed by atoms with van der Waals surface area (Å²) in [6, 6.07) is 9.24. The smallest absolute Gasteiger partial charge is 0.245 e. The average molecular weight is 360 g/mol. The van der Waals surface area contributed by atoms with E-state index in [1.807, 2.05) is 30.3 Å². The number of nitrogens with one attached hydrogen (secondary N) is 1. The predicted molar refractivity (Wildman–Crippen MR) is 97.7 cm³/mol. The summed E-state index contributed by atoms with van der Waals surface area (Å²) in [7, 11) is 1.66. The molecule has 0 aromatic heterocycles. The van der Waals surface area contributed by atoms with Gasteiger partial charge < -0.3 is 19.7 Å². The van der Waals surface area contributed by atoms with E-state index in [4.69, 9.17) is 9.47 Å². The topological polar surface area (TPSA) is 67.9 Å². The van der Waals surface area contributed by atoms with E-state index in [1.54, 1.807) is 12.0 Å². The minimum atomic E-state index is -0.558. The molecule has 0 spiro atoms. The van der Waals surface area contributed by atoms with Crippen molar-refractivity contribution >= 4 is 11.8 Å². The fourth-order valence-electron chi connectivity index (χ4n) is 3.62. The third kappa shape index (κ3) is 4.62. The molecule has 6 nitrogen and oxygen atoms in total. The molecule has 6 heteroatoms. The molecule has 26 heavy (non-hydrogen) atoms. The van der Waals surface area contributed by atoms with Crippen molar-refractivity contribution in [1.82, 2.24) is 10.2 Å². The zero-order valence-electron chi connectivity index (χ0n) is 15.4. The number of nitrogens with zero attached hydrogens (tertiary/aromatic N) is 1. The first-order valence-corrected chi connectivity index (χ1v) is 9.37. The molecule has 1 atom stereocenters. The second kappa shape index (κ2) is 8.64. The van der Waals surface area contributed by atoms with Crippen LogP contribution in [-0.2, 0) is 25.5 Å². The summed E-state index contributed by atoms with van der Waals surface area (Å²) in [5, 5.41) is 2.97. The van der Waals surface area contributed by atoms with Crippen molar-refractivity contribution in [2.24, 2.45) is 0 Å². The van der Waals surface area contributed by atoms with Gasteiger partial charge in [-0.2, -0.15) is 0 Å². The molecule has 2 aliphatic rings. The zero-order valence-corrected chi connectivity index (χ0v) is 15.4. The Balaban J connectivity index is 1.67. The van der Waals surface area contributed by atoms with Gasteiger partial charge in [0, 0.05) is 26.6 Å². The van der Waals surface area contributed by atoms with Crippen LogP contribution in [0, 0.1) is 0 Å². The van der Waals surface area contributed by atoms with Crippen LogP contribution < -0.4 is 5.32 Å². The maximum absolute atomic E-state index is 13.0. The van der Waals surface area contributed by atoms with Gasteiger partial charge in [-0.3, -0.25) is 9.59 Å². The molecule has 2 fully saturated rings. The molecule has 1 aromatic carbocycles. The van der Waals surface area contributed by atoms with E-state index in [2.05, 4.69) is 5.32 Å². The van der Waals surface area contributed by atoms with Crippen molar-refractivity contribution in [2.45, 2.75) is 43.7 Å². The fraction of sp³-hybridized carbons (Fsp3) is 0.600. The Bertz CT molecular complexity index is 604. The van der Waals surface area contributed by atoms with Gasteiger partial charge in [0.2, 0.25) is 11.8 Å². The number of hydrogen-bond donors (Lipinski definition) is 1. The number of amides is 2. The van der Waals surface area contributed by atoms with E-state index in [0.717, 1.165) is 24.8 Å².